The molecule has 3 nitrogen and oxygen atoms in total. The van der Waals surface area contributed by atoms with Crippen molar-refractivity contribution in [2.45, 2.75) is 6.92 Å². The summed E-state index contributed by atoms with van der Waals surface area (Å²) in [6, 6.07) is 7.51. The molecule has 0 atom stereocenters. The maximum Gasteiger partial charge on any atom is 0.223 e. The topological polar surface area (TPSA) is 35.0 Å². The van der Waals surface area contributed by atoms with E-state index in [4.69, 9.17) is 4.74 Å². The maximum atomic E-state index is 12.9. The van der Waals surface area contributed by atoms with Gasteiger partial charge in [-0.3, -0.25) is 0 Å². The highest BCUT2D eigenvalue weighted by atomic mass is 79.9. The number of ether oxygens (including phenoxy) is 1. The van der Waals surface area contributed by atoms with Crippen molar-refractivity contribution in [3.8, 4) is 11.6 Å². The van der Waals surface area contributed by atoms with Crippen LogP contribution in [0.4, 0.5) is 4.39 Å². The fourth-order valence-corrected chi connectivity index (χ4v) is 1.66. The highest BCUT2D eigenvalue weighted by Gasteiger charge is 2.03. The quantitative estimate of drug-likeness (QED) is 0.791. The molecule has 2 aromatic rings. The lowest BCUT2D eigenvalue weighted by Gasteiger charge is -2.05. The zero-order valence-corrected chi connectivity index (χ0v) is 10.0. The van der Waals surface area contributed by atoms with Crippen molar-refractivity contribution < 1.29 is 9.13 Å². The van der Waals surface area contributed by atoms with Gasteiger partial charge in [0.05, 0.1) is 0 Å². The van der Waals surface area contributed by atoms with Crippen molar-refractivity contribution in [3.63, 3.8) is 0 Å². The van der Waals surface area contributed by atoms with E-state index in [1.165, 1.54) is 12.1 Å². The number of hydrogen-bond donors (Lipinski definition) is 0. The van der Waals surface area contributed by atoms with Crippen LogP contribution in [0.15, 0.2) is 34.9 Å². The zero-order chi connectivity index (χ0) is 11.5. The van der Waals surface area contributed by atoms with Gasteiger partial charge in [0.25, 0.3) is 0 Å². The van der Waals surface area contributed by atoms with Crippen LogP contribution < -0.4 is 4.74 Å². The molecule has 1 heterocycles. The number of benzene rings is 1. The second kappa shape index (κ2) is 4.57. The Labute approximate surface area is 100 Å². The summed E-state index contributed by atoms with van der Waals surface area (Å²) in [4.78, 5) is 8.12. The minimum atomic E-state index is -0.345. The van der Waals surface area contributed by atoms with E-state index in [-0.39, 0.29) is 5.82 Å². The third kappa shape index (κ3) is 2.76. The summed E-state index contributed by atoms with van der Waals surface area (Å²) in [5, 5.41) is 0. The van der Waals surface area contributed by atoms with Crippen LogP contribution in [0.2, 0.25) is 0 Å². The van der Waals surface area contributed by atoms with Crippen molar-refractivity contribution in [2.24, 2.45) is 0 Å². The Kier molecular flexibility index (Phi) is 3.14. The first-order chi connectivity index (χ1) is 7.63. The van der Waals surface area contributed by atoms with Crippen LogP contribution in [0.3, 0.4) is 0 Å². The Balaban J connectivity index is 2.27. The second-order valence-electron chi connectivity index (χ2n) is 3.14. The summed E-state index contributed by atoms with van der Waals surface area (Å²) in [5.74, 6) is 1.03. The number of hydrogen-bond acceptors (Lipinski definition) is 3. The number of nitrogens with zero attached hydrogens (tertiary/aromatic N) is 2. The van der Waals surface area contributed by atoms with Gasteiger partial charge in [-0.2, -0.15) is 4.98 Å². The van der Waals surface area contributed by atoms with E-state index in [0.717, 1.165) is 0 Å². The van der Waals surface area contributed by atoms with Crippen LogP contribution >= 0.6 is 15.9 Å². The van der Waals surface area contributed by atoms with Crippen LogP contribution in [0.25, 0.3) is 0 Å². The molecule has 0 aliphatic carbocycles. The fourth-order valence-electron chi connectivity index (χ4n) is 1.21. The Morgan fingerprint density at radius 3 is 2.75 bits per heavy atom. The first-order valence-corrected chi connectivity index (χ1v) is 5.37. The predicted molar refractivity (Wildman–Crippen MR) is 60.9 cm³/mol. The molecule has 0 saturated heterocycles. The second-order valence-corrected chi connectivity index (χ2v) is 3.95. The molecule has 2 rings (SSSR count). The Morgan fingerprint density at radius 2 is 2.06 bits per heavy atom. The molecule has 1 aromatic carbocycles. The third-order valence-electron chi connectivity index (χ3n) is 1.80. The van der Waals surface area contributed by atoms with Crippen molar-refractivity contribution in [1.82, 2.24) is 9.97 Å². The molecule has 0 N–H and O–H groups in total. The van der Waals surface area contributed by atoms with E-state index in [1.54, 1.807) is 25.1 Å². The average molecular weight is 283 g/mol. The van der Waals surface area contributed by atoms with Gasteiger partial charge in [-0.15, -0.1) is 0 Å². The van der Waals surface area contributed by atoms with Crippen molar-refractivity contribution in [1.29, 1.82) is 0 Å². The molecule has 5 heteroatoms. The first-order valence-electron chi connectivity index (χ1n) is 4.58. The van der Waals surface area contributed by atoms with E-state index in [9.17, 15) is 4.39 Å². The summed E-state index contributed by atoms with van der Waals surface area (Å²) in [7, 11) is 0. The summed E-state index contributed by atoms with van der Waals surface area (Å²) in [6.45, 7) is 1.75. The summed E-state index contributed by atoms with van der Waals surface area (Å²) >= 11 is 3.24. The Bertz CT molecular complexity index is 499. The van der Waals surface area contributed by atoms with E-state index >= 15 is 0 Å². The number of halogens is 2. The van der Waals surface area contributed by atoms with Crippen LogP contribution in [-0.2, 0) is 0 Å². The molecule has 0 bridgehead atoms. The molecule has 0 unspecified atom stereocenters. The van der Waals surface area contributed by atoms with Crippen molar-refractivity contribution >= 4 is 15.9 Å². The van der Waals surface area contributed by atoms with Crippen molar-refractivity contribution in [3.05, 3.63) is 46.6 Å². The van der Waals surface area contributed by atoms with Gasteiger partial charge >= 0.3 is 0 Å². The van der Waals surface area contributed by atoms with Crippen LogP contribution in [0.5, 0.6) is 11.6 Å². The van der Waals surface area contributed by atoms with Crippen LogP contribution in [-0.4, -0.2) is 9.97 Å². The van der Waals surface area contributed by atoms with Gasteiger partial charge in [0, 0.05) is 12.1 Å². The standard InChI is InChI=1S/C11H8BrFN2O/c1-7-14-10(12)6-11(15-7)16-9-4-2-3-8(13)5-9/h2-6H,1H3. The van der Waals surface area contributed by atoms with E-state index in [2.05, 4.69) is 25.9 Å². The van der Waals surface area contributed by atoms with E-state index in [0.29, 0.717) is 22.1 Å². The van der Waals surface area contributed by atoms with Gasteiger partial charge in [-0.25, -0.2) is 9.37 Å². The monoisotopic (exact) mass is 282 g/mol. The molecule has 1 aromatic heterocycles. The molecular formula is C11H8BrFN2O. The predicted octanol–water partition coefficient (Wildman–Crippen LogP) is 3.48. The normalized spacial score (nSPS) is 10.2. The highest BCUT2D eigenvalue weighted by molar-refractivity contribution is 9.10. The lowest BCUT2D eigenvalue weighted by Crippen LogP contribution is -1.93. The molecule has 0 radical (unpaired) electrons. The molecular weight excluding hydrogens is 275 g/mol. The smallest absolute Gasteiger partial charge is 0.223 e. The molecule has 0 fully saturated rings. The lowest BCUT2D eigenvalue weighted by molar-refractivity contribution is 0.454. The van der Waals surface area contributed by atoms with Crippen molar-refractivity contribution in [2.75, 3.05) is 0 Å². The number of aromatic nitrogens is 2. The SMILES string of the molecule is Cc1nc(Br)cc(Oc2cccc(F)c2)n1. The van der Waals surface area contributed by atoms with Gasteiger partial charge in [0.2, 0.25) is 5.88 Å². The number of rotatable bonds is 2. The third-order valence-corrected chi connectivity index (χ3v) is 2.21. The molecule has 16 heavy (non-hydrogen) atoms. The minimum Gasteiger partial charge on any atom is -0.439 e. The van der Waals surface area contributed by atoms with Gasteiger partial charge < -0.3 is 4.74 Å². The van der Waals surface area contributed by atoms with Gasteiger partial charge in [-0.05, 0) is 35.0 Å². The fraction of sp³-hybridized carbons (Fsp3) is 0.0909. The Morgan fingerprint density at radius 1 is 1.25 bits per heavy atom. The average Bonchev–Trinajstić information content (AvgIpc) is 2.15. The molecule has 0 saturated carbocycles. The lowest BCUT2D eigenvalue weighted by atomic mass is 10.3. The van der Waals surface area contributed by atoms with Gasteiger partial charge in [0.1, 0.15) is 22.0 Å². The van der Waals surface area contributed by atoms with Crippen LogP contribution in [0.1, 0.15) is 5.82 Å². The molecule has 82 valence electrons. The molecule has 0 amide bonds. The Hall–Kier alpha value is -1.49. The molecule has 0 spiro atoms. The molecule has 0 aliphatic heterocycles. The number of aryl methyl sites for hydroxylation is 1. The minimum absolute atomic E-state index is 0.345. The van der Waals surface area contributed by atoms with Gasteiger partial charge in [-0.1, -0.05) is 6.07 Å². The van der Waals surface area contributed by atoms with E-state index in [1.807, 2.05) is 0 Å². The summed E-state index contributed by atoms with van der Waals surface area (Å²) in [6.07, 6.45) is 0. The van der Waals surface area contributed by atoms with E-state index < -0.39 is 0 Å². The summed E-state index contributed by atoms with van der Waals surface area (Å²) < 4.78 is 18.9. The maximum absolute atomic E-state index is 12.9. The van der Waals surface area contributed by atoms with Crippen LogP contribution in [0, 0.1) is 12.7 Å². The highest BCUT2D eigenvalue weighted by Crippen LogP contribution is 2.22. The first kappa shape index (κ1) is 11.0. The zero-order valence-electron chi connectivity index (χ0n) is 8.45. The molecule has 0 aliphatic rings. The summed E-state index contributed by atoms with van der Waals surface area (Å²) in [5.41, 5.74) is 0. The van der Waals surface area contributed by atoms with Gasteiger partial charge in [0.15, 0.2) is 0 Å². The largest absolute Gasteiger partial charge is 0.439 e.